The van der Waals surface area contributed by atoms with E-state index in [2.05, 4.69) is 9.47 Å². The van der Waals surface area contributed by atoms with Crippen LogP contribution in [0.3, 0.4) is 0 Å². The molecule has 3 aliphatic heterocycles. The fourth-order valence-corrected chi connectivity index (χ4v) is 7.59. The lowest BCUT2D eigenvalue weighted by atomic mass is 9.93. The van der Waals surface area contributed by atoms with Gasteiger partial charge in [0, 0.05) is 50.2 Å². The Balaban J connectivity index is 1.27. The van der Waals surface area contributed by atoms with Crippen LogP contribution in [-0.4, -0.2) is 63.6 Å². The first-order valence-electron chi connectivity index (χ1n) is 13.4. The molecule has 1 atom stereocenters. The molecule has 0 bridgehead atoms. The van der Waals surface area contributed by atoms with Crippen LogP contribution in [0.1, 0.15) is 41.6 Å². The fourth-order valence-electron chi connectivity index (χ4n) is 5.89. The summed E-state index contributed by atoms with van der Waals surface area (Å²) in [5.41, 5.74) is 2.05. The van der Waals surface area contributed by atoms with E-state index in [1.165, 1.54) is 6.07 Å². The van der Waals surface area contributed by atoms with Gasteiger partial charge in [-0.05, 0) is 54.5 Å². The van der Waals surface area contributed by atoms with E-state index in [1.807, 2.05) is 18.2 Å². The summed E-state index contributed by atoms with van der Waals surface area (Å²) in [5.74, 6) is -1.02. The third kappa shape index (κ3) is 4.83. The molecule has 0 N–H and O–H groups in total. The zero-order valence-electron chi connectivity index (χ0n) is 22.3. The number of rotatable bonds is 9. The standard InChI is InChI=1S/C29H28F2N2O7S/c1-38-15-5-13-32-23-11-9-18(20-6-4-7-21(27(20)23)28(32)35)16-24(34)22-8-2-3-14-33(22)41(36,37)19-10-12-25-26(17-19)40-29(30,31)39-25/h4,6-7,9-12,17,22H,2-3,5,8,13-16H2,1H3. The van der Waals surface area contributed by atoms with E-state index in [1.54, 1.807) is 24.1 Å². The molecule has 1 unspecified atom stereocenters. The Morgan fingerprint density at radius 3 is 2.71 bits per heavy atom. The summed E-state index contributed by atoms with van der Waals surface area (Å²) in [6.07, 6.45) is -1.65. The van der Waals surface area contributed by atoms with Crippen molar-refractivity contribution in [1.29, 1.82) is 0 Å². The number of anilines is 1. The highest BCUT2D eigenvalue weighted by Crippen LogP contribution is 2.43. The average molecular weight is 587 g/mol. The third-order valence-corrected chi connectivity index (χ3v) is 9.68. The normalized spacial score (nSPS) is 19.7. The zero-order chi connectivity index (χ0) is 28.9. The molecule has 3 heterocycles. The molecule has 0 aromatic heterocycles. The minimum Gasteiger partial charge on any atom is -0.395 e. The second kappa shape index (κ2) is 10.3. The number of benzene rings is 3. The highest BCUT2D eigenvalue weighted by molar-refractivity contribution is 7.89. The Hall–Kier alpha value is -3.61. The third-order valence-electron chi connectivity index (χ3n) is 7.77. The number of amides is 1. The van der Waals surface area contributed by atoms with E-state index in [9.17, 15) is 26.8 Å². The van der Waals surface area contributed by atoms with Gasteiger partial charge in [0.2, 0.25) is 10.0 Å². The maximum absolute atomic E-state index is 13.7. The molecule has 0 spiro atoms. The molecule has 0 aliphatic carbocycles. The number of sulfonamides is 1. The number of hydrogen-bond acceptors (Lipinski definition) is 7. The second-order valence-corrected chi connectivity index (χ2v) is 12.2. The minimum absolute atomic E-state index is 0.0256. The van der Waals surface area contributed by atoms with Crippen molar-refractivity contribution in [3.63, 3.8) is 0 Å². The molecule has 12 heteroatoms. The number of carbonyl (C=O) groups excluding carboxylic acids is 2. The molecular weight excluding hydrogens is 558 g/mol. The predicted molar refractivity (Wildman–Crippen MR) is 145 cm³/mol. The van der Waals surface area contributed by atoms with E-state index < -0.39 is 22.4 Å². The fraction of sp³-hybridized carbons (Fsp3) is 0.379. The van der Waals surface area contributed by atoms with Crippen LogP contribution in [0.15, 0.2) is 53.4 Å². The average Bonchev–Trinajstić information content (AvgIpc) is 3.42. The molecule has 3 aromatic rings. The maximum atomic E-state index is 13.7. The van der Waals surface area contributed by atoms with Crippen molar-refractivity contribution < 1.29 is 41.0 Å². The van der Waals surface area contributed by atoms with Gasteiger partial charge < -0.3 is 19.1 Å². The number of fused-ring (bicyclic) bond motifs is 1. The summed E-state index contributed by atoms with van der Waals surface area (Å²) in [5, 5.41) is 1.56. The summed E-state index contributed by atoms with van der Waals surface area (Å²) in [6.45, 7) is 1.15. The maximum Gasteiger partial charge on any atom is 0.586 e. The van der Waals surface area contributed by atoms with E-state index in [-0.39, 0.29) is 41.1 Å². The number of piperidine rings is 1. The van der Waals surface area contributed by atoms with Crippen LogP contribution in [0, 0.1) is 0 Å². The first-order valence-corrected chi connectivity index (χ1v) is 14.8. The first-order chi connectivity index (χ1) is 19.6. The zero-order valence-corrected chi connectivity index (χ0v) is 23.1. The number of carbonyl (C=O) groups is 2. The number of ketones is 1. The Labute approximate surface area is 235 Å². The molecule has 1 fully saturated rings. The lowest BCUT2D eigenvalue weighted by molar-refractivity contribution is -0.286. The van der Waals surface area contributed by atoms with Gasteiger partial charge in [-0.15, -0.1) is 8.78 Å². The van der Waals surface area contributed by atoms with Gasteiger partial charge in [-0.3, -0.25) is 9.59 Å². The Morgan fingerprint density at radius 1 is 1.10 bits per heavy atom. The van der Waals surface area contributed by atoms with Crippen LogP contribution in [0.5, 0.6) is 11.5 Å². The number of ether oxygens (including phenoxy) is 3. The van der Waals surface area contributed by atoms with Crippen LogP contribution < -0.4 is 14.4 Å². The van der Waals surface area contributed by atoms with E-state index >= 15 is 0 Å². The summed E-state index contributed by atoms with van der Waals surface area (Å²) in [6, 6.07) is 11.5. The molecule has 0 saturated carbocycles. The second-order valence-electron chi connectivity index (χ2n) is 10.3. The number of alkyl halides is 2. The van der Waals surface area contributed by atoms with E-state index in [0.29, 0.717) is 50.0 Å². The lowest BCUT2D eigenvalue weighted by Gasteiger charge is -2.33. The topological polar surface area (TPSA) is 102 Å². The van der Waals surface area contributed by atoms with E-state index in [0.717, 1.165) is 32.9 Å². The number of Topliss-reactive ketones (excluding diaryl/α,β-unsaturated/α-hetero) is 1. The molecule has 41 heavy (non-hydrogen) atoms. The van der Waals surface area contributed by atoms with Crippen LogP contribution in [-0.2, 0) is 26.0 Å². The molecule has 216 valence electrons. The molecule has 3 aliphatic rings. The van der Waals surface area contributed by atoms with Crippen LogP contribution in [0.4, 0.5) is 14.5 Å². The van der Waals surface area contributed by atoms with Gasteiger partial charge in [-0.2, -0.15) is 4.31 Å². The molecule has 6 rings (SSSR count). The van der Waals surface area contributed by atoms with Gasteiger partial charge >= 0.3 is 6.29 Å². The summed E-state index contributed by atoms with van der Waals surface area (Å²) in [7, 11) is -2.60. The minimum atomic E-state index is -4.21. The smallest absolute Gasteiger partial charge is 0.395 e. The number of nitrogens with zero attached hydrogens (tertiary/aromatic N) is 2. The highest BCUT2D eigenvalue weighted by atomic mass is 32.2. The lowest BCUT2D eigenvalue weighted by Crippen LogP contribution is -2.48. The van der Waals surface area contributed by atoms with Crippen LogP contribution in [0.25, 0.3) is 10.8 Å². The highest BCUT2D eigenvalue weighted by Gasteiger charge is 2.45. The van der Waals surface area contributed by atoms with Crippen molar-refractivity contribution >= 4 is 38.2 Å². The summed E-state index contributed by atoms with van der Waals surface area (Å²) in [4.78, 5) is 28.3. The van der Waals surface area contributed by atoms with Crippen LogP contribution >= 0.6 is 0 Å². The molecule has 1 saturated heterocycles. The monoisotopic (exact) mass is 586 g/mol. The van der Waals surface area contributed by atoms with Gasteiger partial charge in [0.15, 0.2) is 17.3 Å². The van der Waals surface area contributed by atoms with Gasteiger partial charge in [-0.1, -0.05) is 24.6 Å². The number of halogens is 2. The van der Waals surface area contributed by atoms with Crippen molar-refractivity contribution in [2.75, 3.05) is 31.7 Å². The molecular formula is C29H28F2N2O7S. The molecule has 1 amide bonds. The van der Waals surface area contributed by atoms with Crippen molar-refractivity contribution in [1.82, 2.24) is 4.31 Å². The molecule has 9 nitrogen and oxygen atoms in total. The van der Waals surface area contributed by atoms with Crippen LogP contribution in [0.2, 0.25) is 0 Å². The van der Waals surface area contributed by atoms with Gasteiger partial charge in [0.1, 0.15) is 0 Å². The number of methoxy groups -OCH3 is 1. The van der Waals surface area contributed by atoms with Crippen molar-refractivity contribution in [3.8, 4) is 11.5 Å². The quantitative estimate of drug-likeness (QED) is 0.340. The van der Waals surface area contributed by atoms with Crippen molar-refractivity contribution in [3.05, 3.63) is 59.7 Å². The van der Waals surface area contributed by atoms with Crippen molar-refractivity contribution in [2.24, 2.45) is 0 Å². The molecule has 0 radical (unpaired) electrons. The Bertz CT molecular complexity index is 1660. The Kier molecular flexibility index (Phi) is 6.95. The van der Waals surface area contributed by atoms with Gasteiger partial charge in [0.25, 0.3) is 5.91 Å². The molecule has 3 aromatic carbocycles. The number of hydrogen-bond donors (Lipinski definition) is 0. The summed E-state index contributed by atoms with van der Waals surface area (Å²) < 4.78 is 69.4. The van der Waals surface area contributed by atoms with E-state index in [4.69, 9.17) is 4.74 Å². The SMILES string of the molecule is COCCCN1C(=O)c2cccc3c(CC(=O)C4CCCCN4S(=O)(=O)c4ccc5c(c4)OC(F)(F)O5)ccc1c23. The largest absolute Gasteiger partial charge is 0.586 e. The van der Waals surface area contributed by atoms with Crippen molar-refractivity contribution in [2.45, 2.75) is 49.3 Å². The Morgan fingerprint density at radius 2 is 1.90 bits per heavy atom. The van der Waals surface area contributed by atoms with Gasteiger partial charge in [0.05, 0.1) is 16.6 Å². The summed E-state index contributed by atoms with van der Waals surface area (Å²) >= 11 is 0. The first kappa shape index (κ1) is 27.6. The predicted octanol–water partition coefficient (Wildman–Crippen LogP) is 4.51. The van der Waals surface area contributed by atoms with Gasteiger partial charge in [-0.25, -0.2) is 8.42 Å².